The Morgan fingerprint density at radius 3 is 2.39 bits per heavy atom. The summed E-state index contributed by atoms with van der Waals surface area (Å²) in [5.74, 6) is 2.50. The first-order chi connectivity index (χ1) is 15.7. The van der Waals surface area contributed by atoms with E-state index in [0.717, 1.165) is 28.4 Å². The fraction of sp³-hybridized carbons (Fsp3) is 0.586. The van der Waals surface area contributed by atoms with Crippen molar-refractivity contribution in [2.75, 3.05) is 6.61 Å². The Kier molecular flexibility index (Phi) is 6.06. The van der Waals surface area contributed by atoms with Crippen molar-refractivity contribution in [2.45, 2.75) is 84.9 Å². The first-order valence-electron chi connectivity index (χ1n) is 12.6. The molecule has 4 bridgehead atoms. The second-order valence-electron chi connectivity index (χ2n) is 11.9. The Balaban J connectivity index is 1.32. The van der Waals surface area contributed by atoms with Crippen LogP contribution >= 0.6 is 15.9 Å². The van der Waals surface area contributed by atoms with Crippen molar-refractivity contribution in [3.05, 3.63) is 57.6 Å². The summed E-state index contributed by atoms with van der Waals surface area (Å²) in [4.78, 5) is 0. The summed E-state index contributed by atoms with van der Waals surface area (Å²) in [5.41, 5.74) is 4.99. The van der Waals surface area contributed by atoms with Gasteiger partial charge in [-0.3, -0.25) is 0 Å². The molecule has 0 spiro atoms. The average molecular weight is 513 g/mol. The van der Waals surface area contributed by atoms with E-state index in [-0.39, 0.29) is 0 Å². The van der Waals surface area contributed by atoms with E-state index >= 15 is 0 Å². The normalized spacial score (nSPS) is 32.2. The monoisotopic (exact) mass is 511 g/mol. The second kappa shape index (κ2) is 8.61. The number of ether oxygens (including phenoxy) is 2. The highest BCUT2D eigenvalue weighted by Crippen LogP contribution is 2.66. The Labute approximate surface area is 207 Å². The van der Waals surface area contributed by atoms with Gasteiger partial charge in [-0.15, -0.1) is 0 Å². The van der Waals surface area contributed by atoms with Crippen molar-refractivity contribution in [1.29, 1.82) is 0 Å². The van der Waals surface area contributed by atoms with Crippen LogP contribution in [-0.4, -0.2) is 12.1 Å². The minimum absolute atomic E-state index is 0.293. The predicted octanol–water partition coefficient (Wildman–Crippen LogP) is 7.57. The molecule has 178 valence electrons. The Bertz CT molecular complexity index is 1020. The molecule has 0 heterocycles. The summed E-state index contributed by atoms with van der Waals surface area (Å²) in [6, 6.07) is 12.8. The van der Waals surface area contributed by atoms with Crippen LogP contribution in [0.25, 0.3) is 0 Å². The number of aryl methyl sites for hydroxylation is 1. The first-order valence-corrected chi connectivity index (χ1v) is 13.4. The van der Waals surface area contributed by atoms with E-state index in [1.807, 2.05) is 6.92 Å². The molecule has 4 fully saturated rings. The fourth-order valence-corrected chi connectivity index (χ4v) is 8.62. The highest BCUT2D eigenvalue weighted by Gasteiger charge is 2.59. The molecule has 2 unspecified atom stereocenters. The lowest BCUT2D eigenvalue weighted by atomic mass is 9.43. The smallest absolute Gasteiger partial charge is 0.175 e. The molecule has 4 saturated carbocycles. The van der Waals surface area contributed by atoms with E-state index in [1.165, 1.54) is 55.2 Å². The van der Waals surface area contributed by atoms with Crippen molar-refractivity contribution < 1.29 is 9.47 Å². The molecule has 4 heteroatoms. The molecule has 2 aromatic rings. The molecule has 4 atom stereocenters. The predicted molar refractivity (Wildman–Crippen MR) is 138 cm³/mol. The van der Waals surface area contributed by atoms with Gasteiger partial charge in [-0.2, -0.15) is 0 Å². The molecule has 0 saturated heterocycles. The SMILES string of the molecule is CCOc1cc(CNC23CC4C[C@@](C)(C2)C[C@](C)(C4)C3)cc(Br)c1OCc1cccc(C)c1. The number of rotatable bonds is 8. The van der Waals surface area contributed by atoms with E-state index in [9.17, 15) is 0 Å². The van der Waals surface area contributed by atoms with Gasteiger partial charge in [0.1, 0.15) is 6.61 Å². The summed E-state index contributed by atoms with van der Waals surface area (Å²) in [5, 5.41) is 4.06. The Morgan fingerprint density at radius 1 is 0.970 bits per heavy atom. The van der Waals surface area contributed by atoms with Crippen molar-refractivity contribution in [1.82, 2.24) is 5.32 Å². The van der Waals surface area contributed by atoms with E-state index in [2.05, 4.69) is 78.4 Å². The van der Waals surface area contributed by atoms with Crippen LogP contribution in [0, 0.1) is 23.7 Å². The fourth-order valence-electron chi connectivity index (χ4n) is 8.02. The summed E-state index contributed by atoms with van der Waals surface area (Å²) < 4.78 is 13.2. The molecule has 0 radical (unpaired) electrons. The maximum absolute atomic E-state index is 6.23. The Morgan fingerprint density at radius 2 is 1.73 bits per heavy atom. The van der Waals surface area contributed by atoms with Gasteiger partial charge in [0.25, 0.3) is 0 Å². The molecular weight excluding hydrogens is 474 g/mol. The van der Waals surface area contributed by atoms with Gasteiger partial charge in [0.15, 0.2) is 11.5 Å². The van der Waals surface area contributed by atoms with Crippen LogP contribution in [0.5, 0.6) is 11.5 Å². The van der Waals surface area contributed by atoms with Crippen molar-refractivity contribution >= 4 is 15.9 Å². The molecule has 0 aliphatic heterocycles. The van der Waals surface area contributed by atoms with Gasteiger partial charge in [0.05, 0.1) is 11.1 Å². The van der Waals surface area contributed by atoms with Gasteiger partial charge in [-0.1, -0.05) is 43.7 Å². The third kappa shape index (κ3) is 4.84. The van der Waals surface area contributed by atoms with Crippen LogP contribution in [0.3, 0.4) is 0 Å². The number of halogens is 1. The quantitative estimate of drug-likeness (QED) is 0.396. The molecule has 1 N–H and O–H groups in total. The van der Waals surface area contributed by atoms with Crippen LogP contribution in [0.4, 0.5) is 0 Å². The standard InChI is InChI=1S/C29H38BrNO2/c1-5-32-25-11-22(10-24(30)26(25)33-16-21-8-6-7-20(2)9-21)15-31-29-14-23-12-27(3,18-29)17-28(4,13-23)19-29/h6-11,23,31H,5,12-19H2,1-4H3/t23?,27-,28+,29?. The largest absolute Gasteiger partial charge is 0.490 e. The van der Waals surface area contributed by atoms with Gasteiger partial charge in [0, 0.05) is 12.1 Å². The summed E-state index contributed by atoms with van der Waals surface area (Å²) in [6.45, 7) is 11.2. The molecule has 2 aromatic carbocycles. The van der Waals surface area contributed by atoms with Crippen LogP contribution < -0.4 is 14.8 Å². The van der Waals surface area contributed by atoms with Crippen molar-refractivity contribution in [3.8, 4) is 11.5 Å². The van der Waals surface area contributed by atoms with Crippen molar-refractivity contribution in [2.24, 2.45) is 16.7 Å². The molecule has 4 aliphatic carbocycles. The zero-order valence-electron chi connectivity index (χ0n) is 20.6. The third-order valence-electron chi connectivity index (χ3n) is 8.13. The number of benzene rings is 2. The second-order valence-corrected chi connectivity index (χ2v) is 12.7. The molecular formula is C29H38BrNO2. The van der Waals surface area contributed by atoms with Crippen LogP contribution in [0.1, 0.15) is 76.0 Å². The molecule has 0 aromatic heterocycles. The third-order valence-corrected chi connectivity index (χ3v) is 8.72. The molecule has 4 aliphatic rings. The van der Waals surface area contributed by atoms with Crippen LogP contribution in [0.15, 0.2) is 40.9 Å². The molecule has 0 amide bonds. The maximum Gasteiger partial charge on any atom is 0.175 e. The van der Waals surface area contributed by atoms with Gasteiger partial charge in [-0.25, -0.2) is 0 Å². The lowest BCUT2D eigenvalue weighted by Crippen LogP contribution is -2.63. The van der Waals surface area contributed by atoms with E-state index < -0.39 is 0 Å². The van der Waals surface area contributed by atoms with Crippen LogP contribution in [-0.2, 0) is 13.2 Å². The zero-order chi connectivity index (χ0) is 23.3. The molecule has 3 nitrogen and oxygen atoms in total. The molecule has 33 heavy (non-hydrogen) atoms. The number of hydrogen-bond acceptors (Lipinski definition) is 3. The molecule has 6 rings (SSSR count). The van der Waals surface area contributed by atoms with Gasteiger partial charge >= 0.3 is 0 Å². The lowest BCUT2D eigenvalue weighted by Gasteiger charge is -2.65. The lowest BCUT2D eigenvalue weighted by molar-refractivity contribution is -0.118. The van der Waals surface area contributed by atoms with Crippen molar-refractivity contribution in [3.63, 3.8) is 0 Å². The maximum atomic E-state index is 6.23. The van der Waals surface area contributed by atoms with Gasteiger partial charge < -0.3 is 14.8 Å². The highest BCUT2D eigenvalue weighted by atomic mass is 79.9. The zero-order valence-corrected chi connectivity index (χ0v) is 22.2. The summed E-state index contributed by atoms with van der Waals surface area (Å²) in [6.07, 6.45) is 8.26. The van der Waals surface area contributed by atoms with Crippen LogP contribution in [0.2, 0.25) is 0 Å². The minimum Gasteiger partial charge on any atom is -0.490 e. The van der Waals surface area contributed by atoms with Gasteiger partial charge in [-0.05, 0) is 108 Å². The summed E-state index contributed by atoms with van der Waals surface area (Å²) >= 11 is 3.77. The number of nitrogens with one attached hydrogen (secondary N) is 1. The van der Waals surface area contributed by atoms with E-state index in [0.29, 0.717) is 29.6 Å². The van der Waals surface area contributed by atoms with Gasteiger partial charge in [0.2, 0.25) is 0 Å². The number of hydrogen-bond donors (Lipinski definition) is 1. The van der Waals surface area contributed by atoms with E-state index in [1.54, 1.807) is 0 Å². The average Bonchev–Trinajstić information content (AvgIpc) is 2.69. The first kappa shape index (κ1) is 23.2. The topological polar surface area (TPSA) is 30.5 Å². The Hall–Kier alpha value is -1.52. The van der Waals surface area contributed by atoms with E-state index in [4.69, 9.17) is 9.47 Å². The minimum atomic E-state index is 0.293. The highest BCUT2D eigenvalue weighted by molar-refractivity contribution is 9.10. The summed E-state index contributed by atoms with van der Waals surface area (Å²) in [7, 11) is 0.